The van der Waals surface area contributed by atoms with E-state index in [1.54, 1.807) is 4.90 Å². The number of amides is 1. The van der Waals surface area contributed by atoms with Gasteiger partial charge in [0.2, 0.25) is 0 Å². The standard InChI is InChI=1S/C19H24F2N4O2/c1-3-25-13-16(14(2)22-25)12-23-8-10-24(11-9-23)18(26)15-4-6-17(7-5-15)27-19(20)21/h4-7,13,19H,3,8-12H2,1-2H3. The van der Waals surface area contributed by atoms with E-state index in [1.165, 1.54) is 29.8 Å². The molecule has 2 heterocycles. The second kappa shape index (κ2) is 8.47. The van der Waals surface area contributed by atoms with Gasteiger partial charge in [0.05, 0.1) is 5.69 Å². The molecule has 1 saturated heterocycles. The number of nitrogens with zero attached hydrogens (tertiary/aromatic N) is 4. The normalized spacial score (nSPS) is 15.4. The summed E-state index contributed by atoms with van der Waals surface area (Å²) in [5.41, 5.74) is 2.73. The monoisotopic (exact) mass is 378 g/mol. The van der Waals surface area contributed by atoms with Gasteiger partial charge in [-0.15, -0.1) is 0 Å². The van der Waals surface area contributed by atoms with E-state index >= 15 is 0 Å². The van der Waals surface area contributed by atoms with Crippen LogP contribution in [0.4, 0.5) is 8.78 Å². The van der Waals surface area contributed by atoms with Crippen LogP contribution in [0.5, 0.6) is 5.75 Å². The molecular formula is C19H24F2N4O2. The molecule has 146 valence electrons. The molecule has 0 saturated carbocycles. The van der Waals surface area contributed by atoms with E-state index in [1.807, 2.05) is 11.6 Å². The van der Waals surface area contributed by atoms with E-state index in [0.29, 0.717) is 18.7 Å². The Balaban J connectivity index is 1.53. The van der Waals surface area contributed by atoms with E-state index in [2.05, 4.69) is 27.9 Å². The Morgan fingerprint density at radius 2 is 1.85 bits per heavy atom. The van der Waals surface area contributed by atoms with Gasteiger partial charge >= 0.3 is 6.61 Å². The summed E-state index contributed by atoms with van der Waals surface area (Å²) < 4.78 is 30.7. The average Bonchev–Trinajstić information content (AvgIpc) is 3.02. The second-order valence-corrected chi connectivity index (χ2v) is 6.57. The first-order valence-corrected chi connectivity index (χ1v) is 9.05. The Morgan fingerprint density at radius 1 is 1.19 bits per heavy atom. The predicted octanol–water partition coefficient (Wildman–Crippen LogP) is 2.77. The Hall–Kier alpha value is -2.48. The summed E-state index contributed by atoms with van der Waals surface area (Å²) in [5.74, 6) is -0.0393. The first-order chi connectivity index (χ1) is 13.0. The van der Waals surface area contributed by atoms with E-state index in [-0.39, 0.29) is 11.7 Å². The smallest absolute Gasteiger partial charge is 0.387 e. The highest BCUT2D eigenvalue weighted by Gasteiger charge is 2.23. The summed E-state index contributed by atoms with van der Waals surface area (Å²) in [6.07, 6.45) is 2.08. The molecule has 0 spiro atoms. The molecule has 2 aromatic rings. The van der Waals surface area contributed by atoms with Gasteiger partial charge in [-0.3, -0.25) is 14.4 Å². The lowest BCUT2D eigenvalue weighted by Crippen LogP contribution is -2.48. The first kappa shape index (κ1) is 19.3. The summed E-state index contributed by atoms with van der Waals surface area (Å²) in [7, 11) is 0. The van der Waals surface area contributed by atoms with Crippen LogP contribution in [0.25, 0.3) is 0 Å². The lowest BCUT2D eigenvalue weighted by molar-refractivity contribution is -0.0498. The zero-order valence-electron chi connectivity index (χ0n) is 15.6. The van der Waals surface area contributed by atoms with E-state index in [4.69, 9.17) is 0 Å². The zero-order valence-corrected chi connectivity index (χ0v) is 15.6. The summed E-state index contributed by atoms with van der Waals surface area (Å²) in [5, 5.41) is 4.47. The highest BCUT2D eigenvalue weighted by atomic mass is 19.3. The van der Waals surface area contributed by atoms with Crippen molar-refractivity contribution in [2.75, 3.05) is 26.2 Å². The molecular weight excluding hydrogens is 354 g/mol. The van der Waals surface area contributed by atoms with Crippen LogP contribution in [0.15, 0.2) is 30.5 Å². The van der Waals surface area contributed by atoms with Crippen molar-refractivity contribution in [3.05, 3.63) is 47.3 Å². The molecule has 1 aromatic heterocycles. The summed E-state index contributed by atoms with van der Waals surface area (Å²) >= 11 is 0. The van der Waals surface area contributed by atoms with Crippen LogP contribution in [0.3, 0.4) is 0 Å². The van der Waals surface area contributed by atoms with Gasteiger partial charge in [0.1, 0.15) is 5.75 Å². The summed E-state index contributed by atoms with van der Waals surface area (Å²) in [6.45, 7) is 5.73. The molecule has 0 bridgehead atoms. The quantitative estimate of drug-likeness (QED) is 0.776. The predicted molar refractivity (Wildman–Crippen MR) is 96.9 cm³/mol. The van der Waals surface area contributed by atoms with Crippen molar-refractivity contribution in [1.82, 2.24) is 19.6 Å². The van der Waals surface area contributed by atoms with Crippen molar-refractivity contribution in [3.63, 3.8) is 0 Å². The SMILES string of the molecule is CCn1cc(CN2CCN(C(=O)c3ccc(OC(F)F)cc3)CC2)c(C)n1. The maximum Gasteiger partial charge on any atom is 0.387 e. The number of rotatable bonds is 6. The minimum atomic E-state index is -2.87. The lowest BCUT2D eigenvalue weighted by Gasteiger charge is -2.34. The van der Waals surface area contributed by atoms with Gasteiger partial charge in [-0.05, 0) is 38.1 Å². The molecule has 1 aromatic carbocycles. The molecule has 1 aliphatic heterocycles. The van der Waals surface area contributed by atoms with Crippen molar-refractivity contribution in [2.45, 2.75) is 33.5 Å². The van der Waals surface area contributed by atoms with Crippen molar-refractivity contribution >= 4 is 5.91 Å². The zero-order chi connectivity index (χ0) is 19.4. The molecule has 0 radical (unpaired) electrons. The van der Waals surface area contributed by atoms with Crippen LogP contribution in [0, 0.1) is 6.92 Å². The highest BCUT2D eigenvalue weighted by molar-refractivity contribution is 5.94. The number of benzene rings is 1. The Labute approximate surface area is 157 Å². The fourth-order valence-electron chi connectivity index (χ4n) is 3.19. The number of ether oxygens (including phenoxy) is 1. The van der Waals surface area contributed by atoms with Crippen LogP contribution >= 0.6 is 0 Å². The second-order valence-electron chi connectivity index (χ2n) is 6.57. The number of aromatic nitrogens is 2. The van der Waals surface area contributed by atoms with Gasteiger partial charge in [0.25, 0.3) is 5.91 Å². The van der Waals surface area contributed by atoms with Crippen molar-refractivity contribution in [2.24, 2.45) is 0 Å². The minimum Gasteiger partial charge on any atom is -0.435 e. The maximum atomic E-state index is 12.6. The fraction of sp³-hybridized carbons (Fsp3) is 0.474. The maximum absolute atomic E-state index is 12.6. The number of hydrogen-bond acceptors (Lipinski definition) is 4. The Morgan fingerprint density at radius 3 is 2.41 bits per heavy atom. The Bertz CT molecular complexity index is 769. The van der Waals surface area contributed by atoms with Crippen LogP contribution in [-0.4, -0.2) is 58.3 Å². The molecule has 8 heteroatoms. The van der Waals surface area contributed by atoms with Gasteiger partial charge in [-0.1, -0.05) is 0 Å². The Kier molecular flexibility index (Phi) is 6.05. The topological polar surface area (TPSA) is 50.6 Å². The van der Waals surface area contributed by atoms with Gasteiger partial charge in [0.15, 0.2) is 0 Å². The molecule has 0 N–H and O–H groups in total. The molecule has 0 aliphatic carbocycles. The van der Waals surface area contributed by atoms with Crippen molar-refractivity contribution in [1.29, 1.82) is 0 Å². The van der Waals surface area contributed by atoms with Crippen LogP contribution in [-0.2, 0) is 13.1 Å². The number of aryl methyl sites for hydroxylation is 2. The van der Waals surface area contributed by atoms with Gasteiger partial charge in [0, 0.05) is 56.6 Å². The summed E-state index contributed by atoms with van der Waals surface area (Å²) in [4.78, 5) is 16.7. The third kappa shape index (κ3) is 4.82. The lowest BCUT2D eigenvalue weighted by atomic mass is 10.1. The van der Waals surface area contributed by atoms with E-state index < -0.39 is 6.61 Å². The molecule has 1 aliphatic rings. The molecule has 0 unspecified atom stereocenters. The van der Waals surface area contributed by atoms with Gasteiger partial charge in [-0.2, -0.15) is 13.9 Å². The first-order valence-electron chi connectivity index (χ1n) is 9.05. The minimum absolute atomic E-state index is 0.0503. The number of piperazine rings is 1. The third-order valence-electron chi connectivity index (χ3n) is 4.75. The molecule has 3 rings (SSSR count). The number of carbonyl (C=O) groups is 1. The van der Waals surface area contributed by atoms with Crippen LogP contribution < -0.4 is 4.74 Å². The van der Waals surface area contributed by atoms with Gasteiger partial charge < -0.3 is 9.64 Å². The van der Waals surface area contributed by atoms with E-state index in [0.717, 1.165) is 31.9 Å². The highest BCUT2D eigenvalue weighted by Crippen LogP contribution is 2.17. The fourth-order valence-corrected chi connectivity index (χ4v) is 3.19. The molecule has 0 atom stereocenters. The number of halogens is 2. The van der Waals surface area contributed by atoms with Crippen molar-refractivity contribution < 1.29 is 18.3 Å². The molecule has 27 heavy (non-hydrogen) atoms. The van der Waals surface area contributed by atoms with Crippen LogP contribution in [0.1, 0.15) is 28.5 Å². The molecule has 6 nitrogen and oxygen atoms in total. The van der Waals surface area contributed by atoms with Crippen LogP contribution in [0.2, 0.25) is 0 Å². The average molecular weight is 378 g/mol. The number of alkyl halides is 2. The van der Waals surface area contributed by atoms with E-state index in [9.17, 15) is 13.6 Å². The largest absolute Gasteiger partial charge is 0.435 e. The van der Waals surface area contributed by atoms with Crippen molar-refractivity contribution in [3.8, 4) is 5.75 Å². The number of carbonyl (C=O) groups excluding carboxylic acids is 1. The van der Waals surface area contributed by atoms with Gasteiger partial charge in [-0.25, -0.2) is 0 Å². The molecule has 1 fully saturated rings. The number of hydrogen-bond donors (Lipinski definition) is 0. The molecule has 1 amide bonds. The summed E-state index contributed by atoms with van der Waals surface area (Å²) in [6, 6.07) is 5.83. The third-order valence-corrected chi connectivity index (χ3v) is 4.75.